The Hall–Kier alpha value is -1.16. The van der Waals surface area contributed by atoms with Crippen LogP contribution >= 0.6 is 11.8 Å². The average Bonchev–Trinajstić information content (AvgIpc) is 2.74. The van der Waals surface area contributed by atoms with Gasteiger partial charge in [0.25, 0.3) is 0 Å². The quantitative estimate of drug-likeness (QED) is 0.838. The number of anilines is 1. The summed E-state index contributed by atoms with van der Waals surface area (Å²) in [6.45, 7) is 2.25. The highest BCUT2D eigenvalue weighted by molar-refractivity contribution is 7.99. The maximum atomic E-state index is 11.4. The zero-order valence-electron chi connectivity index (χ0n) is 10.1. The lowest BCUT2D eigenvalue weighted by molar-refractivity contribution is 0.0601. The first kappa shape index (κ1) is 12.3. The normalized spacial score (nSPS) is 23.4. The number of carbonyl (C=O) groups excluding carboxylic acids is 1. The summed E-state index contributed by atoms with van der Waals surface area (Å²) >= 11 is 1.97. The highest BCUT2D eigenvalue weighted by Crippen LogP contribution is 2.26. The molecule has 3 nitrogen and oxygen atoms in total. The van der Waals surface area contributed by atoms with Crippen LogP contribution in [0.2, 0.25) is 0 Å². The van der Waals surface area contributed by atoms with Crippen molar-refractivity contribution in [2.75, 3.05) is 23.9 Å². The summed E-state index contributed by atoms with van der Waals surface area (Å²) in [5.74, 6) is 2.71. The second-order valence-electron chi connectivity index (χ2n) is 4.34. The molecule has 0 spiro atoms. The highest BCUT2D eigenvalue weighted by atomic mass is 32.2. The van der Waals surface area contributed by atoms with Gasteiger partial charge in [-0.2, -0.15) is 11.8 Å². The number of rotatable bonds is 3. The van der Waals surface area contributed by atoms with Crippen molar-refractivity contribution < 1.29 is 9.53 Å². The summed E-state index contributed by atoms with van der Waals surface area (Å²) in [4.78, 5) is 11.4. The molecule has 1 fully saturated rings. The molecule has 0 aromatic heterocycles. The first-order valence-corrected chi connectivity index (χ1v) is 6.89. The lowest BCUT2D eigenvalue weighted by Crippen LogP contribution is -2.25. The molecular formula is C13H17NO2S. The van der Waals surface area contributed by atoms with Crippen molar-refractivity contribution in [1.82, 2.24) is 0 Å². The maximum Gasteiger partial charge on any atom is 0.337 e. The minimum atomic E-state index is -0.289. The van der Waals surface area contributed by atoms with Crippen LogP contribution < -0.4 is 5.32 Å². The number of thioether (sulfide) groups is 1. The fourth-order valence-electron chi connectivity index (χ4n) is 1.91. The molecule has 0 bridgehead atoms. The third kappa shape index (κ3) is 2.94. The predicted octanol–water partition coefficient (Wildman–Crippen LogP) is 2.64. The molecule has 1 N–H and O–H groups in total. The van der Waals surface area contributed by atoms with E-state index < -0.39 is 0 Å². The Balaban J connectivity index is 2.08. The van der Waals surface area contributed by atoms with Gasteiger partial charge in [0.05, 0.1) is 12.7 Å². The van der Waals surface area contributed by atoms with Gasteiger partial charge in [0.2, 0.25) is 0 Å². The van der Waals surface area contributed by atoms with Gasteiger partial charge in [0.15, 0.2) is 0 Å². The molecule has 92 valence electrons. The van der Waals surface area contributed by atoms with Gasteiger partial charge in [-0.15, -0.1) is 0 Å². The Morgan fingerprint density at radius 1 is 1.47 bits per heavy atom. The molecule has 1 aromatic carbocycles. The Labute approximate surface area is 106 Å². The zero-order valence-corrected chi connectivity index (χ0v) is 10.9. The standard InChI is InChI=1S/C13H17NO2S/c1-9-7-17-8-12(9)14-11-5-3-4-10(6-11)13(15)16-2/h3-6,9,12,14H,7-8H2,1-2H3. The van der Waals surface area contributed by atoms with Gasteiger partial charge in [0.1, 0.15) is 0 Å². The number of carbonyl (C=O) groups is 1. The van der Waals surface area contributed by atoms with E-state index in [0.29, 0.717) is 17.5 Å². The molecule has 2 atom stereocenters. The molecular weight excluding hydrogens is 234 g/mol. The molecule has 1 heterocycles. The molecule has 0 radical (unpaired) electrons. The van der Waals surface area contributed by atoms with Crippen LogP contribution in [0.1, 0.15) is 17.3 Å². The van der Waals surface area contributed by atoms with Crippen molar-refractivity contribution in [3.63, 3.8) is 0 Å². The van der Waals surface area contributed by atoms with Crippen LogP contribution in [0.5, 0.6) is 0 Å². The first-order chi connectivity index (χ1) is 8.20. The molecule has 0 aliphatic carbocycles. The number of nitrogens with one attached hydrogen (secondary N) is 1. The smallest absolute Gasteiger partial charge is 0.337 e. The zero-order chi connectivity index (χ0) is 12.3. The SMILES string of the molecule is COC(=O)c1cccc(NC2CSCC2C)c1. The van der Waals surface area contributed by atoms with E-state index in [4.69, 9.17) is 4.74 Å². The van der Waals surface area contributed by atoms with Crippen LogP contribution in [0.4, 0.5) is 5.69 Å². The summed E-state index contributed by atoms with van der Waals surface area (Å²) in [6.07, 6.45) is 0. The number of hydrogen-bond acceptors (Lipinski definition) is 4. The van der Waals surface area contributed by atoms with Gasteiger partial charge in [-0.3, -0.25) is 0 Å². The molecule has 17 heavy (non-hydrogen) atoms. The van der Waals surface area contributed by atoms with Gasteiger partial charge < -0.3 is 10.1 Å². The van der Waals surface area contributed by atoms with Crippen LogP contribution in [0.25, 0.3) is 0 Å². The third-order valence-electron chi connectivity index (χ3n) is 3.00. The summed E-state index contributed by atoms with van der Waals surface area (Å²) in [7, 11) is 1.40. The van der Waals surface area contributed by atoms with E-state index in [0.717, 1.165) is 11.4 Å². The summed E-state index contributed by atoms with van der Waals surface area (Å²) in [6, 6.07) is 7.97. The molecule has 2 unspecified atom stereocenters. The van der Waals surface area contributed by atoms with Crippen molar-refractivity contribution in [2.45, 2.75) is 13.0 Å². The molecule has 1 aromatic rings. The van der Waals surface area contributed by atoms with Crippen LogP contribution in [0.3, 0.4) is 0 Å². The summed E-state index contributed by atoms with van der Waals surface area (Å²) < 4.78 is 4.71. The second kappa shape index (κ2) is 5.45. The monoisotopic (exact) mass is 251 g/mol. The third-order valence-corrected chi connectivity index (χ3v) is 4.36. The lowest BCUT2D eigenvalue weighted by Gasteiger charge is -2.18. The molecule has 0 saturated carbocycles. The molecule has 2 rings (SSSR count). The van der Waals surface area contributed by atoms with Crippen molar-refractivity contribution in [3.8, 4) is 0 Å². The van der Waals surface area contributed by atoms with Crippen LogP contribution in [0, 0.1) is 5.92 Å². The Kier molecular flexibility index (Phi) is 3.94. The number of hydrogen-bond donors (Lipinski definition) is 1. The second-order valence-corrected chi connectivity index (χ2v) is 5.41. The van der Waals surface area contributed by atoms with Crippen LogP contribution in [0.15, 0.2) is 24.3 Å². The van der Waals surface area contributed by atoms with Gasteiger partial charge in [-0.1, -0.05) is 13.0 Å². The Bertz CT molecular complexity index is 408. The van der Waals surface area contributed by atoms with Crippen molar-refractivity contribution in [1.29, 1.82) is 0 Å². The lowest BCUT2D eigenvalue weighted by atomic mass is 10.1. The Morgan fingerprint density at radius 2 is 2.29 bits per heavy atom. The van der Waals surface area contributed by atoms with E-state index in [1.807, 2.05) is 30.0 Å². The van der Waals surface area contributed by atoms with Gasteiger partial charge in [-0.25, -0.2) is 4.79 Å². The van der Waals surface area contributed by atoms with E-state index in [-0.39, 0.29) is 5.97 Å². The maximum absolute atomic E-state index is 11.4. The first-order valence-electron chi connectivity index (χ1n) is 5.73. The minimum absolute atomic E-state index is 0.289. The fourth-order valence-corrected chi connectivity index (χ4v) is 3.32. The van der Waals surface area contributed by atoms with Crippen molar-refractivity contribution >= 4 is 23.4 Å². The molecule has 0 amide bonds. The topological polar surface area (TPSA) is 38.3 Å². The summed E-state index contributed by atoms with van der Waals surface area (Å²) in [5, 5.41) is 3.48. The minimum Gasteiger partial charge on any atom is -0.465 e. The predicted molar refractivity (Wildman–Crippen MR) is 71.7 cm³/mol. The van der Waals surface area contributed by atoms with Gasteiger partial charge in [-0.05, 0) is 29.9 Å². The molecule has 1 saturated heterocycles. The summed E-state index contributed by atoms with van der Waals surface area (Å²) in [5.41, 5.74) is 1.59. The number of esters is 1. The number of ether oxygens (including phenoxy) is 1. The number of benzene rings is 1. The van der Waals surface area contributed by atoms with E-state index in [1.165, 1.54) is 12.9 Å². The van der Waals surface area contributed by atoms with Crippen molar-refractivity contribution in [3.05, 3.63) is 29.8 Å². The average molecular weight is 251 g/mol. The fraction of sp³-hybridized carbons (Fsp3) is 0.462. The van der Waals surface area contributed by atoms with Crippen LogP contribution in [-0.4, -0.2) is 30.6 Å². The molecule has 1 aliphatic rings. The molecule has 1 aliphatic heterocycles. The van der Waals surface area contributed by atoms with Crippen LogP contribution in [-0.2, 0) is 4.74 Å². The number of methoxy groups -OCH3 is 1. The highest BCUT2D eigenvalue weighted by Gasteiger charge is 2.23. The van der Waals surface area contributed by atoms with E-state index in [1.54, 1.807) is 6.07 Å². The van der Waals surface area contributed by atoms with E-state index in [2.05, 4.69) is 12.2 Å². The van der Waals surface area contributed by atoms with Gasteiger partial charge >= 0.3 is 5.97 Å². The van der Waals surface area contributed by atoms with Crippen molar-refractivity contribution in [2.24, 2.45) is 5.92 Å². The van der Waals surface area contributed by atoms with Gasteiger partial charge in [0, 0.05) is 17.5 Å². The Morgan fingerprint density at radius 3 is 2.94 bits per heavy atom. The molecule has 4 heteroatoms. The van der Waals surface area contributed by atoms with E-state index >= 15 is 0 Å². The largest absolute Gasteiger partial charge is 0.465 e. The van der Waals surface area contributed by atoms with E-state index in [9.17, 15) is 4.79 Å².